The van der Waals surface area contributed by atoms with Gasteiger partial charge in [0, 0.05) is 0 Å². The molecule has 0 aromatic carbocycles. The van der Waals surface area contributed by atoms with Crippen LogP contribution in [-0.2, 0) is 9.53 Å². The molecule has 4 heteroatoms. The molecule has 0 aromatic rings. The zero-order valence-corrected chi connectivity index (χ0v) is 8.56. The summed E-state index contributed by atoms with van der Waals surface area (Å²) in [4.78, 5) is 10.7. The van der Waals surface area contributed by atoms with Crippen molar-refractivity contribution < 1.29 is 18.3 Å². The van der Waals surface area contributed by atoms with Gasteiger partial charge in [-0.15, -0.1) is 0 Å². The molecule has 0 N–H and O–H groups in total. The third-order valence-electron chi connectivity index (χ3n) is 1.60. The van der Waals surface area contributed by atoms with Crippen LogP contribution in [0.3, 0.4) is 0 Å². The number of rotatable bonds is 6. The summed E-state index contributed by atoms with van der Waals surface area (Å²) in [5.41, 5.74) is 0. The van der Waals surface area contributed by atoms with Gasteiger partial charge < -0.3 is 4.74 Å². The molecule has 2 nitrogen and oxygen atoms in total. The smallest absolute Gasteiger partial charge is 0.381 e. The van der Waals surface area contributed by atoms with Crippen molar-refractivity contribution in [1.82, 2.24) is 0 Å². The average Bonchev–Trinajstić information content (AvgIpc) is 2.13. The van der Waals surface area contributed by atoms with Crippen LogP contribution < -0.4 is 0 Å². The predicted octanol–water partition coefficient (Wildman–Crippen LogP) is 2.93. The Morgan fingerprint density at radius 1 is 1.43 bits per heavy atom. The quantitative estimate of drug-likeness (QED) is 0.379. The van der Waals surface area contributed by atoms with Gasteiger partial charge in [0.1, 0.15) is 0 Å². The van der Waals surface area contributed by atoms with Crippen LogP contribution in [0.5, 0.6) is 0 Å². The number of halogens is 2. The molecule has 0 aliphatic carbocycles. The van der Waals surface area contributed by atoms with Gasteiger partial charge in [0.05, 0.1) is 6.61 Å². The molecule has 0 saturated heterocycles. The second-order valence-electron chi connectivity index (χ2n) is 2.89. The number of unbranched alkanes of at least 4 members (excludes halogenated alkanes) is 2. The van der Waals surface area contributed by atoms with Crippen LogP contribution in [0, 0.1) is 0 Å². The minimum atomic E-state index is -3.48. The Labute approximate surface area is 82.9 Å². The van der Waals surface area contributed by atoms with E-state index in [2.05, 4.69) is 4.74 Å². The van der Waals surface area contributed by atoms with Crippen LogP contribution in [0.25, 0.3) is 0 Å². The van der Waals surface area contributed by atoms with Crippen molar-refractivity contribution in [3.05, 3.63) is 12.2 Å². The second kappa shape index (κ2) is 6.51. The van der Waals surface area contributed by atoms with Gasteiger partial charge in [-0.1, -0.05) is 25.8 Å². The molecule has 0 aromatic heterocycles. The maximum atomic E-state index is 12.9. The lowest BCUT2D eigenvalue weighted by molar-refractivity contribution is -0.164. The van der Waals surface area contributed by atoms with Crippen molar-refractivity contribution >= 4 is 5.97 Å². The lowest BCUT2D eigenvalue weighted by Gasteiger charge is -2.09. The van der Waals surface area contributed by atoms with Gasteiger partial charge in [0.15, 0.2) is 0 Å². The van der Waals surface area contributed by atoms with E-state index < -0.39 is 11.9 Å². The van der Waals surface area contributed by atoms with Gasteiger partial charge in [-0.05, 0) is 19.4 Å². The first-order chi connectivity index (χ1) is 6.54. The number of carbonyl (C=O) groups is 1. The fourth-order valence-electron chi connectivity index (χ4n) is 0.849. The van der Waals surface area contributed by atoms with Gasteiger partial charge in [-0.3, -0.25) is 0 Å². The largest absolute Gasteiger partial charge is 0.461 e. The molecule has 0 atom stereocenters. The van der Waals surface area contributed by atoms with Crippen LogP contribution in [0.15, 0.2) is 12.2 Å². The molecule has 0 bridgehead atoms. The second-order valence-corrected chi connectivity index (χ2v) is 2.89. The van der Waals surface area contributed by atoms with E-state index in [0.717, 1.165) is 12.8 Å². The highest BCUT2D eigenvalue weighted by atomic mass is 19.3. The van der Waals surface area contributed by atoms with Crippen molar-refractivity contribution in [2.75, 3.05) is 6.61 Å². The summed E-state index contributed by atoms with van der Waals surface area (Å²) in [5, 5.41) is 0. The zero-order chi connectivity index (χ0) is 11.0. The summed E-state index contributed by atoms with van der Waals surface area (Å²) in [5.74, 6) is -4.96. The summed E-state index contributed by atoms with van der Waals surface area (Å²) < 4.78 is 30.0. The Balaban J connectivity index is 4.04. The van der Waals surface area contributed by atoms with Gasteiger partial charge in [0.25, 0.3) is 0 Å². The maximum absolute atomic E-state index is 12.9. The first-order valence-corrected chi connectivity index (χ1v) is 4.77. The Hall–Kier alpha value is -0.930. The lowest BCUT2D eigenvalue weighted by atomic mass is 10.2. The Kier molecular flexibility index (Phi) is 6.08. The number of ether oxygens (including phenoxy) is 1. The molecule has 0 amide bonds. The SMILES string of the molecule is CCCC/C=C/C(F)(F)C(=O)OCC. The van der Waals surface area contributed by atoms with E-state index in [0.29, 0.717) is 12.5 Å². The molecule has 0 aliphatic rings. The van der Waals surface area contributed by atoms with Crippen molar-refractivity contribution in [3.63, 3.8) is 0 Å². The minimum absolute atomic E-state index is 0.0305. The highest BCUT2D eigenvalue weighted by Gasteiger charge is 2.36. The zero-order valence-electron chi connectivity index (χ0n) is 8.56. The summed E-state index contributed by atoms with van der Waals surface area (Å²) in [6.07, 6.45) is 4.28. The van der Waals surface area contributed by atoms with Gasteiger partial charge in [-0.25, -0.2) is 4.79 Å². The lowest BCUT2D eigenvalue weighted by Crippen LogP contribution is -2.28. The number of esters is 1. The molecule has 0 aliphatic heterocycles. The highest BCUT2D eigenvalue weighted by Crippen LogP contribution is 2.17. The average molecular weight is 206 g/mol. The normalized spacial score (nSPS) is 12.0. The molecule has 0 saturated carbocycles. The molecule has 0 spiro atoms. The maximum Gasteiger partial charge on any atom is 0.381 e. The highest BCUT2D eigenvalue weighted by molar-refractivity contribution is 5.79. The third-order valence-corrected chi connectivity index (χ3v) is 1.60. The fraction of sp³-hybridized carbons (Fsp3) is 0.700. The van der Waals surface area contributed by atoms with Gasteiger partial charge >= 0.3 is 11.9 Å². The molecular weight excluding hydrogens is 190 g/mol. The van der Waals surface area contributed by atoms with E-state index in [1.807, 2.05) is 6.92 Å². The van der Waals surface area contributed by atoms with Crippen molar-refractivity contribution in [3.8, 4) is 0 Å². The molecular formula is C10H16F2O2. The first-order valence-electron chi connectivity index (χ1n) is 4.77. The first kappa shape index (κ1) is 13.1. The van der Waals surface area contributed by atoms with Crippen LogP contribution in [0.2, 0.25) is 0 Å². The van der Waals surface area contributed by atoms with Crippen LogP contribution in [-0.4, -0.2) is 18.5 Å². The van der Waals surface area contributed by atoms with Crippen LogP contribution in [0.4, 0.5) is 8.78 Å². The molecule has 82 valence electrons. The number of alkyl halides is 2. The Morgan fingerprint density at radius 2 is 2.07 bits per heavy atom. The van der Waals surface area contributed by atoms with E-state index in [9.17, 15) is 13.6 Å². The number of hydrogen-bond acceptors (Lipinski definition) is 2. The number of hydrogen-bond donors (Lipinski definition) is 0. The van der Waals surface area contributed by atoms with Gasteiger partial charge in [0.2, 0.25) is 0 Å². The summed E-state index contributed by atoms with van der Waals surface area (Å²) >= 11 is 0. The molecule has 0 rings (SSSR count). The number of carbonyl (C=O) groups excluding carboxylic acids is 1. The summed E-state index contributed by atoms with van der Waals surface area (Å²) in [6, 6.07) is 0. The van der Waals surface area contributed by atoms with E-state index in [1.54, 1.807) is 0 Å². The fourth-order valence-corrected chi connectivity index (χ4v) is 0.849. The van der Waals surface area contributed by atoms with Crippen LogP contribution >= 0.6 is 0 Å². The molecule has 14 heavy (non-hydrogen) atoms. The van der Waals surface area contributed by atoms with E-state index in [4.69, 9.17) is 0 Å². The topological polar surface area (TPSA) is 26.3 Å². The standard InChI is InChI=1S/C10H16F2O2/c1-3-5-6-7-8-10(11,12)9(13)14-4-2/h7-8H,3-6H2,1-2H3/b8-7+. The van der Waals surface area contributed by atoms with Gasteiger partial charge in [-0.2, -0.15) is 8.78 Å². The summed E-state index contributed by atoms with van der Waals surface area (Å²) in [6.45, 7) is 3.43. The molecule has 0 fully saturated rings. The van der Waals surface area contributed by atoms with Crippen molar-refractivity contribution in [2.24, 2.45) is 0 Å². The molecule has 0 unspecified atom stereocenters. The van der Waals surface area contributed by atoms with Crippen molar-refractivity contribution in [2.45, 2.75) is 39.0 Å². The minimum Gasteiger partial charge on any atom is -0.461 e. The monoisotopic (exact) mass is 206 g/mol. The molecule has 0 heterocycles. The number of allylic oxidation sites excluding steroid dienone is 1. The van der Waals surface area contributed by atoms with Crippen LogP contribution in [0.1, 0.15) is 33.1 Å². The Bertz CT molecular complexity index is 200. The third kappa shape index (κ3) is 4.94. The van der Waals surface area contributed by atoms with E-state index in [1.165, 1.54) is 13.0 Å². The predicted molar refractivity (Wildman–Crippen MR) is 50.2 cm³/mol. The molecule has 0 radical (unpaired) electrons. The van der Waals surface area contributed by atoms with E-state index in [-0.39, 0.29) is 6.61 Å². The summed E-state index contributed by atoms with van der Waals surface area (Å²) in [7, 11) is 0. The van der Waals surface area contributed by atoms with E-state index >= 15 is 0 Å². The van der Waals surface area contributed by atoms with Crippen molar-refractivity contribution in [1.29, 1.82) is 0 Å². The Morgan fingerprint density at radius 3 is 2.57 bits per heavy atom.